The molecule has 1 amide bonds. The minimum Gasteiger partial charge on any atom is -0.384 e. The number of carbonyl (C=O) groups excluding carboxylic acids is 1. The third kappa shape index (κ3) is 4.26. The molecule has 0 aliphatic heterocycles. The Kier molecular flexibility index (Phi) is 5.87. The number of thioether (sulfide) groups is 1. The Morgan fingerprint density at radius 2 is 2.27 bits per heavy atom. The van der Waals surface area contributed by atoms with Gasteiger partial charge in [0.25, 0.3) is 5.91 Å². The lowest BCUT2D eigenvalue weighted by atomic mass is 10.2. The number of hydrogen-bond acceptors (Lipinski definition) is 7. The van der Waals surface area contributed by atoms with Crippen molar-refractivity contribution >= 4 is 39.1 Å². The van der Waals surface area contributed by atoms with Gasteiger partial charge in [0.1, 0.15) is 6.20 Å². The third-order valence-electron chi connectivity index (χ3n) is 2.57. The van der Waals surface area contributed by atoms with E-state index in [1.165, 1.54) is 11.8 Å². The summed E-state index contributed by atoms with van der Waals surface area (Å²) in [7, 11) is 1.62. The number of methoxy groups -OCH3 is 1. The first-order valence-corrected chi connectivity index (χ1v) is 8.04. The average Bonchev–Trinajstić information content (AvgIpc) is 2.97. The van der Waals surface area contributed by atoms with Crippen LogP contribution < -0.4 is 5.32 Å². The monoisotopic (exact) mass is 339 g/mol. The van der Waals surface area contributed by atoms with Crippen LogP contribution in [-0.4, -0.2) is 35.3 Å². The zero-order chi connectivity index (χ0) is 15.9. The molecular weight excluding hydrogens is 326 g/mol. The minimum absolute atomic E-state index is 0.113. The maximum atomic E-state index is 12.3. The molecule has 7 nitrogen and oxygen atoms in total. The number of amides is 1. The molecule has 2 aromatic rings. The van der Waals surface area contributed by atoms with Crippen molar-refractivity contribution in [3.63, 3.8) is 0 Å². The van der Waals surface area contributed by atoms with E-state index in [0.29, 0.717) is 12.2 Å². The summed E-state index contributed by atoms with van der Waals surface area (Å²) < 4.78 is 4.99. The predicted molar refractivity (Wildman–Crippen MR) is 85.8 cm³/mol. The zero-order valence-corrected chi connectivity index (χ0v) is 13.3. The minimum atomic E-state index is -0.540. The lowest BCUT2D eigenvalue weighted by Gasteiger charge is -2.08. The molecule has 0 bridgehead atoms. The van der Waals surface area contributed by atoms with Crippen molar-refractivity contribution in [2.24, 2.45) is 0 Å². The molecule has 22 heavy (non-hydrogen) atoms. The van der Waals surface area contributed by atoms with E-state index >= 15 is 0 Å². The Morgan fingerprint density at radius 3 is 2.95 bits per heavy atom. The van der Waals surface area contributed by atoms with Gasteiger partial charge in [0.05, 0.1) is 17.1 Å². The highest BCUT2D eigenvalue weighted by Crippen LogP contribution is 2.27. The van der Waals surface area contributed by atoms with Gasteiger partial charge in [-0.15, -0.1) is 11.8 Å². The molecule has 0 saturated carbocycles. The van der Waals surface area contributed by atoms with Crippen molar-refractivity contribution in [1.29, 1.82) is 0 Å². The van der Waals surface area contributed by atoms with E-state index in [1.54, 1.807) is 19.2 Å². The van der Waals surface area contributed by atoms with E-state index in [2.05, 4.69) is 10.3 Å². The molecule has 1 aromatic carbocycles. The molecule has 0 spiro atoms. The maximum Gasteiger partial charge on any atom is 0.345 e. The van der Waals surface area contributed by atoms with Crippen molar-refractivity contribution < 1.29 is 14.5 Å². The zero-order valence-electron chi connectivity index (χ0n) is 11.6. The summed E-state index contributed by atoms with van der Waals surface area (Å²) in [6, 6.07) is 7.16. The van der Waals surface area contributed by atoms with E-state index in [0.717, 1.165) is 28.2 Å². The van der Waals surface area contributed by atoms with Crippen LogP contribution in [0.2, 0.25) is 0 Å². The first kappa shape index (κ1) is 16.4. The van der Waals surface area contributed by atoms with Crippen LogP contribution in [0.15, 0.2) is 35.4 Å². The number of carbonyl (C=O) groups is 1. The average molecular weight is 339 g/mol. The van der Waals surface area contributed by atoms with Gasteiger partial charge < -0.3 is 4.74 Å². The molecule has 9 heteroatoms. The fraction of sp³-hybridized carbons (Fsp3) is 0.231. The van der Waals surface area contributed by atoms with Gasteiger partial charge >= 0.3 is 5.00 Å². The number of anilines is 1. The van der Waals surface area contributed by atoms with Crippen molar-refractivity contribution in [3.8, 4) is 0 Å². The highest BCUT2D eigenvalue weighted by Gasteiger charge is 2.16. The van der Waals surface area contributed by atoms with E-state index in [1.807, 2.05) is 12.1 Å². The highest BCUT2D eigenvalue weighted by molar-refractivity contribution is 7.99. The summed E-state index contributed by atoms with van der Waals surface area (Å²) in [5.41, 5.74) is 0.501. The molecule has 116 valence electrons. The molecule has 0 unspecified atom stereocenters. The second-order valence-electron chi connectivity index (χ2n) is 4.05. The number of aromatic nitrogens is 1. The fourth-order valence-electron chi connectivity index (χ4n) is 1.59. The van der Waals surface area contributed by atoms with E-state index in [-0.39, 0.29) is 16.0 Å². The molecule has 0 fully saturated rings. The van der Waals surface area contributed by atoms with Crippen molar-refractivity contribution in [1.82, 2.24) is 4.98 Å². The first-order valence-electron chi connectivity index (χ1n) is 6.24. The number of ether oxygens (including phenoxy) is 1. The first-order chi connectivity index (χ1) is 10.6. The van der Waals surface area contributed by atoms with Crippen molar-refractivity contribution in [2.45, 2.75) is 4.90 Å². The summed E-state index contributed by atoms with van der Waals surface area (Å²) in [4.78, 5) is 27.0. The fourth-order valence-corrected chi connectivity index (χ4v) is 3.18. The Labute approximate surface area is 134 Å². The van der Waals surface area contributed by atoms with Gasteiger partial charge in [-0.05, 0) is 23.5 Å². The quantitative estimate of drug-likeness (QED) is 0.360. The summed E-state index contributed by atoms with van der Waals surface area (Å²) in [6.45, 7) is 0.583. The van der Waals surface area contributed by atoms with Gasteiger partial charge in [-0.2, -0.15) is 0 Å². The van der Waals surface area contributed by atoms with Crippen LogP contribution in [0, 0.1) is 10.1 Å². The Bertz CT molecular complexity index is 675. The molecule has 0 aliphatic carbocycles. The molecule has 0 aliphatic rings. The number of nitrogens with one attached hydrogen (secondary N) is 1. The SMILES string of the molecule is COCCSc1ccccc1C(=O)Nc1ncc([N+](=O)[O-])s1. The van der Waals surface area contributed by atoms with E-state index in [4.69, 9.17) is 4.74 Å². The molecule has 2 rings (SSSR count). The van der Waals surface area contributed by atoms with Gasteiger partial charge in [0.2, 0.25) is 0 Å². The van der Waals surface area contributed by atoms with Crippen molar-refractivity contribution in [3.05, 3.63) is 46.1 Å². The normalized spacial score (nSPS) is 10.4. The predicted octanol–water partition coefficient (Wildman–Crippen LogP) is 3.04. The molecule has 1 heterocycles. The Hall–Kier alpha value is -1.97. The molecule has 0 atom stereocenters. The van der Waals surface area contributed by atoms with Gasteiger partial charge in [-0.1, -0.05) is 12.1 Å². The van der Waals surface area contributed by atoms with E-state index in [9.17, 15) is 14.9 Å². The smallest absolute Gasteiger partial charge is 0.345 e. The highest BCUT2D eigenvalue weighted by atomic mass is 32.2. The summed E-state index contributed by atoms with van der Waals surface area (Å²) in [6.07, 6.45) is 1.12. The van der Waals surface area contributed by atoms with Crippen molar-refractivity contribution in [2.75, 3.05) is 24.8 Å². The molecule has 1 N–H and O–H groups in total. The number of hydrogen-bond donors (Lipinski definition) is 1. The van der Waals surface area contributed by atoms with Crippen LogP contribution in [0.4, 0.5) is 10.1 Å². The summed E-state index contributed by atoms with van der Waals surface area (Å²) >= 11 is 2.33. The number of benzene rings is 1. The molecule has 0 radical (unpaired) electrons. The standard InChI is InChI=1S/C13H13N3O4S2/c1-20-6-7-21-10-5-3-2-4-9(10)12(17)15-13-14-8-11(22-13)16(18)19/h2-5,8H,6-7H2,1H3,(H,14,15,17). The number of rotatable bonds is 7. The second-order valence-corrected chi connectivity index (χ2v) is 6.20. The summed E-state index contributed by atoms with van der Waals surface area (Å²) in [5.74, 6) is 0.383. The number of nitrogens with zero attached hydrogens (tertiary/aromatic N) is 2. The van der Waals surface area contributed by atoms with Crippen LogP contribution in [0.5, 0.6) is 0 Å². The van der Waals surface area contributed by atoms with Crippen LogP contribution in [0.1, 0.15) is 10.4 Å². The Morgan fingerprint density at radius 1 is 1.50 bits per heavy atom. The lowest BCUT2D eigenvalue weighted by molar-refractivity contribution is -0.380. The van der Waals surface area contributed by atoms with Crippen LogP contribution >= 0.6 is 23.1 Å². The largest absolute Gasteiger partial charge is 0.384 e. The van der Waals surface area contributed by atoms with Gasteiger partial charge in [-0.3, -0.25) is 20.2 Å². The van der Waals surface area contributed by atoms with E-state index < -0.39 is 4.92 Å². The maximum absolute atomic E-state index is 12.3. The molecule has 1 aromatic heterocycles. The van der Waals surface area contributed by atoms with Gasteiger partial charge in [0, 0.05) is 17.8 Å². The van der Waals surface area contributed by atoms with Crippen LogP contribution in [-0.2, 0) is 4.74 Å². The third-order valence-corrected chi connectivity index (χ3v) is 4.47. The topological polar surface area (TPSA) is 94.4 Å². The summed E-state index contributed by atoms with van der Waals surface area (Å²) in [5, 5.41) is 13.3. The molecule has 0 saturated heterocycles. The van der Waals surface area contributed by atoms with Gasteiger partial charge in [-0.25, -0.2) is 4.98 Å². The van der Waals surface area contributed by atoms with Crippen LogP contribution in [0.25, 0.3) is 0 Å². The Balaban J connectivity index is 2.09. The number of thiazole rings is 1. The lowest BCUT2D eigenvalue weighted by Crippen LogP contribution is -2.12. The van der Waals surface area contributed by atoms with Gasteiger partial charge in [0.15, 0.2) is 5.13 Å². The van der Waals surface area contributed by atoms with Crippen LogP contribution in [0.3, 0.4) is 0 Å². The second kappa shape index (κ2) is 7.87. The number of nitro groups is 1. The molecular formula is C13H13N3O4S2.